The van der Waals surface area contributed by atoms with Crippen LogP contribution in [0.5, 0.6) is 0 Å². The van der Waals surface area contributed by atoms with Gasteiger partial charge in [-0.15, -0.1) is 4.59 Å². The highest BCUT2D eigenvalue weighted by Gasteiger charge is 2.36. The highest BCUT2D eigenvalue weighted by Crippen LogP contribution is 2.30. The minimum Gasteiger partial charge on any atom is -0.312 e. The van der Waals surface area contributed by atoms with Crippen molar-refractivity contribution in [1.29, 1.82) is 0 Å². The van der Waals surface area contributed by atoms with Crippen molar-refractivity contribution >= 4 is 12.0 Å². The highest BCUT2D eigenvalue weighted by molar-refractivity contribution is 5.60. The summed E-state index contributed by atoms with van der Waals surface area (Å²) in [6.07, 6.45) is 1.58. The van der Waals surface area contributed by atoms with Crippen molar-refractivity contribution in [2.24, 2.45) is 5.10 Å². The number of rotatable bonds is 1. The van der Waals surface area contributed by atoms with Crippen LogP contribution in [0.2, 0.25) is 0 Å². The van der Waals surface area contributed by atoms with Gasteiger partial charge >= 0.3 is 0 Å². The quantitative estimate of drug-likeness (QED) is 0.647. The molecular formula is C10H12F2N3+. The van der Waals surface area contributed by atoms with Crippen molar-refractivity contribution in [3.63, 3.8) is 0 Å². The van der Waals surface area contributed by atoms with Gasteiger partial charge in [-0.1, -0.05) is 11.2 Å². The van der Waals surface area contributed by atoms with Crippen molar-refractivity contribution in [3.05, 3.63) is 29.8 Å². The zero-order chi connectivity index (χ0) is 11.1. The Morgan fingerprint density at radius 2 is 1.93 bits per heavy atom. The molecule has 0 N–H and O–H groups in total. The summed E-state index contributed by atoms with van der Waals surface area (Å²) in [4.78, 5) is 1.78. The smallest absolute Gasteiger partial charge is 0.232 e. The van der Waals surface area contributed by atoms with Gasteiger partial charge in [0.25, 0.3) is 0 Å². The van der Waals surface area contributed by atoms with E-state index < -0.39 is 11.6 Å². The number of hydrogen-bond acceptors (Lipinski definition) is 2. The lowest BCUT2D eigenvalue weighted by molar-refractivity contribution is 0.283. The van der Waals surface area contributed by atoms with Crippen molar-refractivity contribution in [3.8, 4) is 0 Å². The minimum absolute atomic E-state index is 0.0156. The van der Waals surface area contributed by atoms with E-state index >= 15 is 0 Å². The van der Waals surface area contributed by atoms with Crippen molar-refractivity contribution in [2.45, 2.75) is 0 Å². The first-order valence-electron chi connectivity index (χ1n) is 4.59. The monoisotopic (exact) mass is 212 g/mol. The molecule has 0 bridgehead atoms. The lowest BCUT2D eigenvalue weighted by Gasteiger charge is -2.24. The predicted molar refractivity (Wildman–Crippen MR) is 55.2 cm³/mol. The summed E-state index contributed by atoms with van der Waals surface area (Å²) >= 11 is 0. The molecule has 1 aromatic rings. The normalized spacial score (nSPS) is 24.9. The fourth-order valence-electron chi connectivity index (χ4n) is 1.79. The van der Waals surface area contributed by atoms with Gasteiger partial charge in [0.1, 0.15) is 7.05 Å². The van der Waals surface area contributed by atoms with E-state index in [0.717, 1.165) is 0 Å². The van der Waals surface area contributed by atoms with Gasteiger partial charge in [0, 0.05) is 7.05 Å². The molecule has 0 spiro atoms. The summed E-state index contributed by atoms with van der Waals surface area (Å²) in [5.41, 5.74) is -0.0156. The third-order valence-electron chi connectivity index (χ3n) is 2.42. The van der Waals surface area contributed by atoms with Crippen molar-refractivity contribution < 1.29 is 8.78 Å². The summed E-state index contributed by atoms with van der Waals surface area (Å²) in [5, 5.41) is 4.10. The molecule has 1 unspecified atom stereocenters. The fourth-order valence-corrected chi connectivity index (χ4v) is 1.79. The Labute approximate surface area is 86.8 Å². The lowest BCUT2D eigenvalue weighted by Crippen LogP contribution is -2.42. The molecule has 1 aliphatic heterocycles. The molecule has 80 valence electrons. The van der Waals surface area contributed by atoms with Gasteiger partial charge in [-0.2, -0.15) is 0 Å². The number of quaternary nitrogens is 1. The Hall–Kier alpha value is -1.49. The van der Waals surface area contributed by atoms with Gasteiger partial charge in [0.15, 0.2) is 24.6 Å². The average molecular weight is 212 g/mol. The van der Waals surface area contributed by atoms with Crippen LogP contribution in [0.25, 0.3) is 0 Å². The molecule has 1 aliphatic rings. The Bertz CT molecular complexity index is 399. The van der Waals surface area contributed by atoms with Crippen LogP contribution in [0.3, 0.4) is 0 Å². The van der Waals surface area contributed by atoms with E-state index in [9.17, 15) is 8.78 Å². The van der Waals surface area contributed by atoms with Gasteiger partial charge in [0.2, 0.25) is 5.69 Å². The second-order valence-electron chi connectivity index (χ2n) is 3.84. The van der Waals surface area contributed by atoms with Crippen LogP contribution in [-0.2, 0) is 0 Å². The molecule has 1 heterocycles. The Morgan fingerprint density at radius 1 is 1.33 bits per heavy atom. The van der Waals surface area contributed by atoms with Crippen LogP contribution in [0.1, 0.15) is 0 Å². The van der Waals surface area contributed by atoms with Crippen LogP contribution in [0, 0.1) is 11.6 Å². The van der Waals surface area contributed by atoms with Crippen LogP contribution in [0.15, 0.2) is 23.3 Å². The molecule has 5 heteroatoms. The van der Waals surface area contributed by atoms with Gasteiger partial charge in [-0.05, 0) is 12.1 Å². The van der Waals surface area contributed by atoms with E-state index in [2.05, 4.69) is 5.10 Å². The summed E-state index contributed by atoms with van der Waals surface area (Å²) in [6, 6.07) is 3.84. The third kappa shape index (κ3) is 1.59. The number of para-hydroxylation sites is 1. The average Bonchev–Trinajstić information content (AvgIpc) is 2.46. The maximum Gasteiger partial charge on any atom is 0.232 e. The lowest BCUT2D eigenvalue weighted by atomic mass is 10.2. The van der Waals surface area contributed by atoms with Crippen molar-refractivity contribution in [2.75, 3.05) is 20.8 Å². The molecule has 3 nitrogen and oxygen atoms in total. The van der Waals surface area contributed by atoms with Crippen LogP contribution >= 0.6 is 0 Å². The van der Waals surface area contributed by atoms with E-state index in [4.69, 9.17) is 0 Å². The largest absolute Gasteiger partial charge is 0.312 e. The Balaban J connectivity index is 2.50. The molecule has 0 amide bonds. The first-order valence-corrected chi connectivity index (χ1v) is 4.59. The van der Waals surface area contributed by atoms with Crippen LogP contribution < -0.4 is 4.59 Å². The molecule has 0 aliphatic carbocycles. The van der Waals surface area contributed by atoms with Crippen LogP contribution in [-0.4, -0.2) is 32.0 Å². The third-order valence-corrected chi connectivity index (χ3v) is 2.42. The molecule has 0 saturated carbocycles. The van der Waals surface area contributed by atoms with E-state index in [1.54, 1.807) is 18.3 Å². The maximum atomic E-state index is 13.5. The summed E-state index contributed by atoms with van der Waals surface area (Å²) in [7, 11) is 3.48. The topological polar surface area (TPSA) is 15.6 Å². The van der Waals surface area contributed by atoms with E-state index in [-0.39, 0.29) is 10.3 Å². The molecule has 0 radical (unpaired) electrons. The number of hydrogen-bond donors (Lipinski definition) is 0. The van der Waals surface area contributed by atoms with E-state index in [0.29, 0.717) is 6.67 Å². The van der Waals surface area contributed by atoms with Gasteiger partial charge < -0.3 is 4.90 Å². The SMILES string of the molecule is CN1C=N[N+](C)(c2c(F)cccc2F)C1. The molecule has 1 aromatic carbocycles. The first-order chi connectivity index (χ1) is 7.03. The second kappa shape index (κ2) is 3.27. The van der Waals surface area contributed by atoms with Crippen molar-refractivity contribution in [1.82, 2.24) is 9.49 Å². The van der Waals surface area contributed by atoms with Gasteiger partial charge in [-0.25, -0.2) is 8.78 Å². The minimum atomic E-state index is -0.565. The second-order valence-corrected chi connectivity index (χ2v) is 3.84. The molecular weight excluding hydrogens is 200 g/mol. The molecule has 2 rings (SSSR count). The summed E-state index contributed by atoms with van der Waals surface area (Å²) < 4.78 is 26.9. The number of nitrogens with zero attached hydrogens (tertiary/aromatic N) is 3. The summed E-state index contributed by atoms with van der Waals surface area (Å²) in [6.45, 7) is 0.428. The summed E-state index contributed by atoms with van der Waals surface area (Å²) in [5.74, 6) is -1.13. The highest BCUT2D eigenvalue weighted by atomic mass is 19.1. The molecule has 0 aromatic heterocycles. The molecule has 0 fully saturated rings. The first kappa shape index (κ1) is 10.0. The molecule has 0 saturated heterocycles. The number of halogens is 2. The predicted octanol–water partition coefficient (Wildman–Crippen LogP) is 1.75. The molecule has 15 heavy (non-hydrogen) atoms. The fraction of sp³-hybridized carbons (Fsp3) is 0.300. The van der Waals surface area contributed by atoms with Crippen LogP contribution in [0.4, 0.5) is 14.5 Å². The number of benzene rings is 1. The van der Waals surface area contributed by atoms with Gasteiger partial charge in [0.05, 0.1) is 0 Å². The van der Waals surface area contributed by atoms with E-state index in [1.165, 1.54) is 18.2 Å². The zero-order valence-electron chi connectivity index (χ0n) is 8.61. The maximum absolute atomic E-state index is 13.5. The van der Waals surface area contributed by atoms with E-state index in [1.807, 2.05) is 7.05 Å². The van der Waals surface area contributed by atoms with Gasteiger partial charge in [-0.3, -0.25) is 0 Å². The standard InChI is InChI=1S/C10H12F2N3/c1-14-6-13-15(2,7-14)10-8(11)4-3-5-9(10)12/h3-6H,7H2,1-2H3/q+1. The Kier molecular flexibility index (Phi) is 2.19. The molecule has 1 atom stereocenters. The Morgan fingerprint density at radius 3 is 2.40 bits per heavy atom. The zero-order valence-corrected chi connectivity index (χ0v) is 8.61.